The van der Waals surface area contributed by atoms with E-state index in [2.05, 4.69) is 40.0 Å². The fraction of sp³-hybridized carbons (Fsp3) is 0.133. The topological polar surface area (TPSA) is 32.8 Å². The molecule has 0 amide bonds. The third-order valence-corrected chi connectivity index (χ3v) is 3.58. The minimum absolute atomic E-state index is 0.660. The summed E-state index contributed by atoms with van der Waals surface area (Å²) in [5.41, 5.74) is 4.55. The van der Waals surface area contributed by atoms with E-state index >= 15 is 0 Å². The van der Waals surface area contributed by atoms with E-state index in [1.165, 1.54) is 5.56 Å². The van der Waals surface area contributed by atoms with Crippen LogP contribution in [0.5, 0.6) is 0 Å². The molecule has 0 fully saturated rings. The second kappa shape index (κ2) is 4.90. The summed E-state index contributed by atoms with van der Waals surface area (Å²) >= 11 is 5.37. The minimum atomic E-state index is 0.660. The van der Waals surface area contributed by atoms with Crippen LogP contribution >= 0.6 is 12.2 Å². The van der Waals surface area contributed by atoms with Crippen LogP contribution in [0.1, 0.15) is 5.56 Å². The first-order valence-electron chi connectivity index (χ1n) is 6.23. The molecule has 3 aromatic rings. The monoisotopic (exact) mass is 269 g/mol. The van der Waals surface area contributed by atoms with Crippen LogP contribution in [-0.4, -0.2) is 9.55 Å². The number of nitrogens with zero attached hydrogens (tertiary/aromatic N) is 1. The van der Waals surface area contributed by atoms with Crippen LogP contribution in [0.3, 0.4) is 0 Å². The first-order chi connectivity index (χ1) is 9.25. The van der Waals surface area contributed by atoms with E-state index in [9.17, 15) is 0 Å². The van der Waals surface area contributed by atoms with Crippen LogP contribution in [0, 0.1) is 11.7 Å². The predicted molar refractivity (Wildman–Crippen MR) is 81.9 cm³/mol. The van der Waals surface area contributed by atoms with Crippen molar-refractivity contribution in [3.63, 3.8) is 0 Å². The first-order valence-corrected chi connectivity index (χ1v) is 6.63. The van der Waals surface area contributed by atoms with Crippen molar-refractivity contribution in [2.24, 2.45) is 0 Å². The molecule has 0 atom stereocenters. The van der Waals surface area contributed by atoms with E-state index in [-0.39, 0.29) is 0 Å². The maximum atomic E-state index is 5.37. The summed E-state index contributed by atoms with van der Waals surface area (Å²) < 4.78 is 2.80. The van der Waals surface area contributed by atoms with Gasteiger partial charge in [0.1, 0.15) is 0 Å². The summed E-state index contributed by atoms with van der Waals surface area (Å²) in [5.74, 6) is 0. The smallest absolute Gasteiger partial charge is 0.179 e. The number of aromatic nitrogens is 2. The Morgan fingerprint density at radius 2 is 1.84 bits per heavy atom. The molecule has 3 nitrogen and oxygen atoms in total. The van der Waals surface area contributed by atoms with Gasteiger partial charge in [-0.25, -0.2) is 0 Å². The number of H-pyrrole nitrogens is 1. The number of imidazole rings is 1. The van der Waals surface area contributed by atoms with Crippen LogP contribution < -0.4 is 5.32 Å². The van der Waals surface area contributed by atoms with E-state index in [0.29, 0.717) is 6.67 Å². The molecule has 1 heterocycles. The molecule has 1 aromatic heterocycles. The molecule has 0 unspecified atom stereocenters. The van der Waals surface area contributed by atoms with E-state index in [4.69, 9.17) is 12.2 Å². The number of para-hydroxylation sites is 3. The Kier molecular flexibility index (Phi) is 3.09. The molecule has 2 aromatic carbocycles. The molecular formula is C15H15N3S. The lowest BCUT2D eigenvalue weighted by Gasteiger charge is -2.10. The molecule has 3 rings (SSSR count). The normalized spacial score (nSPS) is 10.8. The van der Waals surface area contributed by atoms with Crippen molar-refractivity contribution in [2.75, 3.05) is 5.32 Å². The average Bonchev–Trinajstić information content (AvgIpc) is 2.74. The second-order valence-electron chi connectivity index (χ2n) is 4.53. The van der Waals surface area contributed by atoms with Crippen LogP contribution in [0.2, 0.25) is 0 Å². The van der Waals surface area contributed by atoms with Crippen molar-refractivity contribution in [3.8, 4) is 0 Å². The van der Waals surface area contributed by atoms with Crippen molar-refractivity contribution in [1.82, 2.24) is 9.55 Å². The Bertz CT molecular complexity index is 770. The summed E-state index contributed by atoms with van der Waals surface area (Å²) in [5, 5.41) is 3.42. The van der Waals surface area contributed by atoms with Gasteiger partial charge >= 0.3 is 0 Å². The summed E-state index contributed by atoms with van der Waals surface area (Å²) in [4.78, 5) is 3.22. The molecule has 0 saturated heterocycles. The predicted octanol–water partition coefficient (Wildman–Crippen LogP) is 4.08. The van der Waals surface area contributed by atoms with E-state index < -0.39 is 0 Å². The highest BCUT2D eigenvalue weighted by Gasteiger charge is 2.03. The van der Waals surface area contributed by atoms with Crippen molar-refractivity contribution < 1.29 is 0 Å². The fourth-order valence-corrected chi connectivity index (χ4v) is 2.47. The van der Waals surface area contributed by atoms with Crippen molar-refractivity contribution in [1.29, 1.82) is 0 Å². The molecule has 0 aliphatic heterocycles. The molecule has 0 aliphatic carbocycles. The van der Waals surface area contributed by atoms with Gasteiger partial charge in [-0.1, -0.05) is 30.3 Å². The number of hydrogen-bond acceptors (Lipinski definition) is 2. The van der Waals surface area contributed by atoms with Gasteiger partial charge in [0, 0.05) is 5.69 Å². The Morgan fingerprint density at radius 3 is 2.68 bits per heavy atom. The molecule has 2 N–H and O–H groups in total. The number of nitrogens with one attached hydrogen (secondary N) is 2. The summed E-state index contributed by atoms with van der Waals surface area (Å²) in [6, 6.07) is 16.4. The lowest BCUT2D eigenvalue weighted by atomic mass is 10.2. The quantitative estimate of drug-likeness (QED) is 0.702. The zero-order valence-corrected chi connectivity index (χ0v) is 11.5. The molecular weight excluding hydrogens is 254 g/mol. The third kappa shape index (κ3) is 2.27. The van der Waals surface area contributed by atoms with Crippen LogP contribution in [0.25, 0.3) is 11.0 Å². The lowest BCUT2D eigenvalue weighted by Crippen LogP contribution is -2.08. The highest BCUT2D eigenvalue weighted by molar-refractivity contribution is 7.71. The Morgan fingerprint density at radius 1 is 1.11 bits per heavy atom. The van der Waals surface area contributed by atoms with Crippen molar-refractivity contribution in [2.45, 2.75) is 13.6 Å². The average molecular weight is 269 g/mol. The van der Waals surface area contributed by atoms with Gasteiger partial charge in [-0.3, -0.25) is 4.57 Å². The number of aryl methyl sites for hydroxylation is 1. The van der Waals surface area contributed by atoms with Gasteiger partial charge in [0.2, 0.25) is 0 Å². The highest BCUT2D eigenvalue weighted by atomic mass is 32.1. The van der Waals surface area contributed by atoms with Gasteiger partial charge in [0.05, 0.1) is 17.7 Å². The SMILES string of the molecule is Cc1ccccc1NCn1c(=S)[nH]c2ccccc21. The van der Waals surface area contributed by atoms with Crippen LogP contribution in [-0.2, 0) is 6.67 Å². The lowest BCUT2D eigenvalue weighted by molar-refractivity contribution is 0.786. The minimum Gasteiger partial charge on any atom is -0.367 e. The van der Waals surface area contributed by atoms with Crippen LogP contribution in [0.4, 0.5) is 5.69 Å². The molecule has 19 heavy (non-hydrogen) atoms. The summed E-state index contributed by atoms with van der Waals surface area (Å²) in [6.45, 7) is 2.75. The third-order valence-electron chi connectivity index (χ3n) is 3.25. The molecule has 0 aliphatic rings. The summed E-state index contributed by atoms with van der Waals surface area (Å²) in [7, 11) is 0. The Balaban J connectivity index is 1.92. The maximum absolute atomic E-state index is 5.37. The van der Waals surface area contributed by atoms with Gasteiger partial charge in [-0.05, 0) is 42.9 Å². The molecule has 96 valence electrons. The standard InChI is InChI=1S/C15H15N3S/c1-11-6-2-3-7-12(11)16-10-18-14-9-5-4-8-13(14)17-15(18)19/h2-9,16H,10H2,1H3,(H,17,19). The molecule has 0 radical (unpaired) electrons. The molecule has 0 saturated carbocycles. The second-order valence-corrected chi connectivity index (χ2v) is 4.91. The number of anilines is 1. The first kappa shape index (κ1) is 12.0. The van der Waals surface area contributed by atoms with Gasteiger partial charge in [-0.15, -0.1) is 0 Å². The zero-order valence-electron chi connectivity index (χ0n) is 10.7. The van der Waals surface area contributed by atoms with E-state index in [1.54, 1.807) is 0 Å². The summed E-state index contributed by atoms with van der Waals surface area (Å²) in [6.07, 6.45) is 0. The number of fused-ring (bicyclic) bond motifs is 1. The van der Waals surface area contributed by atoms with E-state index in [1.807, 2.05) is 30.3 Å². The van der Waals surface area contributed by atoms with Gasteiger partial charge in [-0.2, -0.15) is 0 Å². The largest absolute Gasteiger partial charge is 0.367 e. The van der Waals surface area contributed by atoms with Crippen molar-refractivity contribution in [3.05, 3.63) is 58.9 Å². The number of rotatable bonds is 3. The molecule has 0 bridgehead atoms. The van der Waals surface area contributed by atoms with Gasteiger partial charge in [0.15, 0.2) is 4.77 Å². The fourth-order valence-electron chi connectivity index (χ4n) is 2.20. The van der Waals surface area contributed by atoms with Crippen molar-refractivity contribution >= 4 is 28.9 Å². The van der Waals surface area contributed by atoms with Crippen LogP contribution in [0.15, 0.2) is 48.5 Å². The van der Waals surface area contributed by atoms with Gasteiger partial charge < -0.3 is 10.3 Å². The number of benzene rings is 2. The Labute approximate surface area is 116 Å². The zero-order chi connectivity index (χ0) is 13.2. The number of aromatic amines is 1. The Hall–Kier alpha value is -2.07. The van der Waals surface area contributed by atoms with Gasteiger partial charge in [0.25, 0.3) is 0 Å². The number of hydrogen-bond donors (Lipinski definition) is 2. The maximum Gasteiger partial charge on any atom is 0.179 e. The molecule has 0 spiro atoms. The molecule has 4 heteroatoms. The highest BCUT2D eigenvalue weighted by Crippen LogP contribution is 2.16. The van der Waals surface area contributed by atoms with E-state index in [0.717, 1.165) is 21.5 Å².